The fourth-order valence-electron chi connectivity index (χ4n) is 4.50. The van der Waals surface area contributed by atoms with Crippen LogP contribution >= 0.6 is 0 Å². The van der Waals surface area contributed by atoms with Gasteiger partial charge in [0.1, 0.15) is 12.4 Å². The van der Waals surface area contributed by atoms with Gasteiger partial charge in [-0.05, 0) is 69.5 Å². The summed E-state index contributed by atoms with van der Waals surface area (Å²) in [6, 6.07) is 16.1. The third-order valence-corrected chi connectivity index (χ3v) is 6.19. The summed E-state index contributed by atoms with van der Waals surface area (Å²) in [7, 11) is 0. The number of amides is 1. The standard InChI is InChI=1S/C27H30N2O5/c1-3-33-27(32)22-8-6-10-24(30)25(22)29-26(31)18-11-13-20(14-12-18)34-16-19-15-17(2)28-23-9-5-4-7-21(19)23/h4-5,7,9,11-15,22,24-25,30H,3,6,8,10,16H2,1-2H3,(H,29,31)/t22-,24?,25?/m0/s1. The fraction of sp³-hybridized carbons (Fsp3) is 0.370. The minimum absolute atomic E-state index is 0.266. The predicted molar refractivity (Wildman–Crippen MR) is 128 cm³/mol. The lowest BCUT2D eigenvalue weighted by atomic mass is 9.82. The first kappa shape index (κ1) is 23.7. The van der Waals surface area contributed by atoms with Gasteiger partial charge in [-0.15, -0.1) is 0 Å². The number of pyridine rings is 1. The van der Waals surface area contributed by atoms with Crippen molar-refractivity contribution in [3.8, 4) is 5.75 Å². The summed E-state index contributed by atoms with van der Waals surface area (Å²) in [6.45, 7) is 4.35. The Morgan fingerprint density at radius 1 is 1.12 bits per heavy atom. The molecule has 3 atom stereocenters. The molecule has 34 heavy (non-hydrogen) atoms. The molecule has 0 bridgehead atoms. The van der Waals surface area contributed by atoms with Crippen LogP contribution in [-0.4, -0.2) is 40.7 Å². The van der Waals surface area contributed by atoms with E-state index in [1.165, 1.54) is 0 Å². The van der Waals surface area contributed by atoms with Crippen molar-refractivity contribution in [1.82, 2.24) is 10.3 Å². The Hall–Kier alpha value is -3.45. The molecular formula is C27H30N2O5. The van der Waals surface area contributed by atoms with Gasteiger partial charge in [-0.1, -0.05) is 18.2 Å². The number of esters is 1. The van der Waals surface area contributed by atoms with Crippen LogP contribution in [0.5, 0.6) is 5.75 Å². The van der Waals surface area contributed by atoms with Gasteiger partial charge >= 0.3 is 5.97 Å². The second-order valence-electron chi connectivity index (χ2n) is 8.61. The van der Waals surface area contributed by atoms with Crippen LogP contribution in [0.25, 0.3) is 10.9 Å². The van der Waals surface area contributed by atoms with E-state index >= 15 is 0 Å². The maximum absolute atomic E-state index is 12.8. The van der Waals surface area contributed by atoms with Gasteiger partial charge in [-0.25, -0.2) is 0 Å². The molecule has 0 saturated heterocycles. The van der Waals surface area contributed by atoms with E-state index < -0.39 is 18.1 Å². The molecule has 178 valence electrons. The number of carbonyl (C=O) groups excluding carboxylic acids is 2. The minimum Gasteiger partial charge on any atom is -0.489 e. The van der Waals surface area contributed by atoms with Crippen LogP contribution in [0.15, 0.2) is 54.6 Å². The summed E-state index contributed by atoms with van der Waals surface area (Å²) < 4.78 is 11.1. The summed E-state index contributed by atoms with van der Waals surface area (Å²) in [5.74, 6) is -0.636. The molecule has 1 aliphatic rings. The number of nitrogens with one attached hydrogen (secondary N) is 1. The van der Waals surface area contributed by atoms with E-state index in [1.807, 2.05) is 37.3 Å². The Morgan fingerprint density at radius 3 is 2.65 bits per heavy atom. The van der Waals surface area contributed by atoms with E-state index in [0.29, 0.717) is 30.8 Å². The highest BCUT2D eigenvalue weighted by Gasteiger charge is 2.38. The van der Waals surface area contributed by atoms with Crippen molar-refractivity contribution in [3.05, 3.63) is 71.4 Å². The quantitative estimate of drug-likeness (QED) is 0.516. The van der Waals surface area contributed by atoms with Gasteiger partial charge < -0.3 is 19.9 Å². The maximum atomic E-state index is 12.8. The number of para-hydroxylation sites is 1. The Bertz CT molecular complexity index is 1160. The van der Waals surface area contributed by atoms with Crippen LogP contribution in [-0.2, 0) is 16.1 Å². The number of aryl methyl sites for hydroxylation is 1. The summed E-state index contributed by atoms with van der Waals surface area (Å²) in [6.07, 6.45) is 1.05. The Kier molecular flexibility index (Phi) is 7.43. The molecule has 1 amide bonds. The van der Waals surface area contributed by atoms with Crippen LogP contribution in [0.2, 0.25) is 0 Å². The van der Waals surface area contributed by atoms with Gasteiger partial charge in [0, 0.05) is 22.2 Å². The van der Waals surface area contributed by atoms with Gasteiger partial charge in [0.2, 0.25) is 0 Å². The third kappa shape index (κ3) is 5.37. The topological polar surface area (TPSA) is 97.8 Å². The number of carbonyl (C=O) groups is 2. The Morgan fingerprint density at radius 2 is 1.88 bits per heavy atom. The zero-order chi connectivity index (χ0) is 24.1. The third-order valence-electron chi connectivity index (χ3n) is 6.19. The molecule has 1 heterocycles. The molecule has 3 aromatic rings. The molecule has 2 aromatic carbocycles. The van der Waals surface area contributed by atoms with Crippen molar-refractivity contribution in [1.29, 1.82) is 0 Å². The molecule has 1 aliphatic carbocycles. The molecule has 7 heteroatoms. The lowest BCUT2D eigenvalue weighted by Gasteiger charge is -2.34. The number of ether oxygens (including phenoxy) is 2. The van der Waals surface area contributed by atoms with E-state index in [-0.39, 0.29) is 18.5 Å². The second-order valence-corrected chi connectivity index (χ2v) is 8.61. The number of fused-ring (bicyclic) bond motifs is 1. The number of aliphatic hydroxyl groups is 1. The maximum Gasteiger partial charge on any atom is 0.311 e. The molecule has 7 nitrogen and oxygen atoms in total. The smallest absolute Gasteiger partial charge is 0.311 e. The lowest BCUT2D eigenvalue weighted by molar-refractivity contribution is -0.151. The highest BCUT2D eigenvalue weighted by Crippen LogP contribution is 2.27. The molecule has 2 unspecified atom stereocenters. The number of hydrogen-bond donors (Lipinski definition) is 2. The highest BCUT2D eigenvalue weighted by atomic mass is 16.5. The molecule has 0 radical (unpaired) electrons. The van der Waals surface area contributed by atoms with E-state index in [9.17, 15) is 14.7 Å². The minimum atomic E-state index is -0.784. The lowest BCUT2D eigenvalue weighted by Crippen LogP contribution is -2.53. The van der Waals surface area contributed by atoms with E-state index in [2.05, 4.69) is 10.3 Å². The van der Waals surface area contributed by atoms with Crippen LogP contribution in [0.1, 0.15) is 47.8 Å². The van der Waals surface area contributed by atoms with Crippen molar-refractivity contribution in [2.24, 2.45) is 5.92 Å². The molecule has 0 spiro atoms. The van der Waals surface area contributed by atoms with Crippen molar-refractivity contribution in [2.45, 2.75) is 51.9 Å². The zero-order valence-electron chi connectivity index (χ0n) is 19.5. The molecule has 4 rings (SSSR count). The average molecular weight is 463 g/mol. The zero-order valence-corrected chi connectivity index (χ0v) is 19.5. The first-order valence-corrected chi connectivity index (χ1v) is 11.7. The summed E-state index contributed by atoms with van der Waals surface area (Å²) >= 11 is 0. The highest BCUT2D eigenvalue weighted by molar-refractivity contribution is 5.95. The van der Waals surface area contributed by atoms with Crippen molar-refractivity contribution < 1.29 is 24.2 Å². The van der Waals surface area contributed by atoms with E-state index in [4.69, 9.17) is 9.47 Å². The van der Waals surface area contributed by atoms with Crippen molar-refractivity contribution >= 4 is 22.8 Å². The average Bonchev–Trinajstić information content (AvgIpc) is 2.84. The number of hydrogen-bond acceptors (Lipinski definition) is 6. The Labute approximate surface area is 199 Å². The molecule has 1 aromatic heterocycles. The summed E-state index contributed by atoms with van der Waals surface area (Å²) in [4.78, 5) is 29.7. The monoisotopic (exact) mass is 462 g/mol. The van der Waals surface area contributed by atoms with Crippen molar-refractivity contribution in [3.63, 3.8) is 0 Å². The van der Waals surface area contributed by atoms with Crippen molar-refractivity contribution in [2.75, 3.05) is 6.61 Å². The number of rotatable bonds is 7. The SMILES string of the molecule is CCOC(=O)[C@H]1CCCC(O)C1NC(=O)c1ccc(OCc2cc(C)nc3ccccc23)cc1. The predicted octanol–water partition coefficient (Wildman–Crippen LogP) is 3.94. The van der Waals surface area contributed by atoms with Crippen LogP contribution < -0.4 is 10.1 Å². The number of aliphatic hydroxyl groups excluding tert-OH is 1. The van der Waals surface area contributed by atoms with Gasteiger partial charge in [-0.2, -0.15) is 0 Å². The molecule has 1 fully saturated rings. The Balaban J connectivity index is 1.41. The largest absolute Gasteiger partial charge is 0.489 e. The van der Waals surface area contributed by atoms with Gasteiger partial charge in [0.05, 0.1) is 30.2 Å². The molecule has 2 N–H and O–H groups in total. The normalized spacial score (nSPS) is 20.0. The first-order chi connectivity index (χ1) is 16.5. The van der Waals surface area contributed by atoms with Gasteiger partial charge in [0.25, 0.3) is 5.91 Å². The van der Waals surface area contributed by atoms with Gasteiger partial charge in [-0.3, -0.25) is 14.6 Å². The van der Waals surface area contributed by atoms with Crippen LogP contribution in [0.4, 0.5) is 0 Å². The number of aromatic nitrogens is 1. The summed E-state index contributed by atoms with van der Waals surface area (Å²) in [5, 5.41) is 14.3. The molecule has 1 saturated carbocycles. The number of nitrogens with zero attached hydrogens (tertiary/aromatic N) is 1. The van der Waals surface area contributed by atoms with E-state index in [1.54, 1.807) is 31.2 Å². The first-order valence-electron chi connectivity index (χ1n) is 11.7. The summed E-state index contributed by atoms with van der Waals surface area (Å²) in [5.41, 5.74) is 3.33. The molecular weight excluding hydrogens is 432 g/mol. The van der Waals surface area contributed by atoms with Crippen LogP contribution in [0, 0.1) is 12.8 Å². The number of benzene rings is 2. The fourth-order valence-corrected chi connectivity index (χ4v) is 4.50. The molecule has 0 aliphatic heterocycles. The van der Waals surface area contributed by atoms with Crippen LogP contribution in [0.3, 0.4) is 0 Å². The van der Waals surface area contributed by atoms with E-state index in [0.717, 1.165) is 28.6 Å². The van der Waals surface area contributed by atoms with Gasteiger partial charge in [0.15, 0.2) is 0 Å². The second kappa shape index (κ2) is 10.7.